The summed E-state index contributed by atoms with van der Waals surface area (Å²) in [6.45, 7) is 0. The topological polar surface area (TPSA) is 92.8 Å². The summed E-state index contributed by atoms with van der Waals surface area (Å²) in [4.78, 5) is 15.2. The summed E-state index contributed by atoms with van der Waals surface area (Å²) >= 11 is 0. The maximum Gasteiger partial charge on any atom is 1.00 e. The Bertz CT molecular complexity index is 84.6. The van der Waals surface area contributed by atoms with Crippen molar-refractivity contribution in [3.8, 4) is 0 Å². The second-order valence-electron chi connectivity index (χ2n) is 0.596. The van der Waals surface area contributed by atoms with E-state index in [1.54, 1.807) is 0 Å². The molecule has 0 fully saturated rings. The molecule has 5 nitrogen and oxygen atoms in total. The third kappa shape index (κ3) is 15.6. The standard InChI is InChI=1S/CH4.K.H4NO4P.H/c;;1-5-6(2,3)4;/h1H4;;1H2,(H2,2,3,4);/q;+1;;-1. The third-order valence-corrected chi connectivity index (χ3v) is 0.412. The van der Waals surface area contributed by atoms with E-state index in [1.807, 2.05) is 0 Å². The first-order valence-electron chi connectivity index (χ1n) is 1.00. The predicted octanol–water partition coefficient (Wildman–Crippen LogP) is -3.28. The zero-order chi connectivity index (χ0) is 5.21. The molecule has 0 bridgehead atoms. The number of rotatable bonds is 1. The summed E-state index contributed by atoms with van der Waals surface area (Å²) in [5.41, 5.74) is 0. The molecular formula is CH9KNO4P. The Hall–Kier alpha value is 1.71. The largest absolute Gasteiger partial charge is 1.00 e. The summed E-state index contributed by atoms with van der Waals surface area (Å²) in [5, 5.41) is 0. The molecule has 0 aromatic heterocycles. The smallest absolute Gasteiger partial charge is 1.00 e. The van der Waals surface area contributed by atoms with E-state index in [0.29, 0.717) is 0 Å². The van der Waals surface area contributed by atoms with Crippen molar-refractivity contribution >= 4 is 7.82 Å². The molecule has 0 heterocycles. The van der Waals surface area contributed by atoms with Crippen molar-refractivity contribution in [1.29, 1.82) is 0 Å². The van der Waals surface area contributed by atoms with Crippen LogP contribution in [0.1, 0.15) is 8.85 Å². The maximum absolute atomic E-state index is 9.35. The Balaban J connectivity index is -0.0000000417. The molecule has 48 valence electrons. The Morgan fingerprint density at radius 1 is 1.62 bits per heavy atom. The van der Waals surface area contributed by atoms with Crippen molar-refractivity contribution in [3.63, 3.8) is 0 Å². The van der Waals surface area contributed by atoms with Crippen LogP contribution >= 0.6 is 7.82 Å². The molecule has 0 saturated heterocycles. The molecule has 0 unspecified atom stereocenters. The van der Waals surface area contributed by atoms with Crippen LogP contribution < -0.4 is 57.3 Å². The van der Waals surface area contributed by atoms with Crippen LogP contribution in [0, 0.1) is 0 Å². The van der Waals surface area contributed by atoms with Gasteiger partial charge in [-0.2, -0.15) is 0 Å². The van der Waals surface area contributed by atoms with Crippen LogP contribution in [0.15, 0.2) is 0 Å². The molecule has 0 spiro atoms. The average molecular weight is 169 g/mol. The molecule has 0 saturated carbocycles. The van der Waals surface area contributed by atoms with Gasteiger partial charge < -0.3 is 11.2 Å². The molecule has 0 aliphatic carbocycles. The van der Waals surface area contributed by atoms with Gasteiger partial charge in [-0.15, -0.1) is 0 Å². The maximum atomic E-state index is 9.35. The summed E-state index contributed by atoms with van der Waals surface area (Å²) in [5.74, 6) is 4.04. The van der Waals surface area contributed by atoms with E-state index in [-0.39, 0.29) is 60.2 Å². The predicted molar refractivity (Wildman–Crippen MR) is 25.2 cm³/mol. The zero-order valence-corrected chi connectivity index (χ0v) is 7.75. The van der Waals surface area contributed by atoms with E-state index in [2.05, 4.69) is 10.5 Å². The monoisotopic (exact) mass is 169 g/mol. The van der Waals surface area contributed by atoms with Gasteiger partial charge in [0.05, 0.1) is 0 Å². The van der Waals surface area contributed by atoms with E-state index < -0.39 is 7.82 Å². The average Bonchev–Trinajstić information content (AvgIpc) is 1.35. The van der Waals surface area contributed by atoms with Gasteiger partial charge in [-0.05, 0) is 0 Å². The van der Waals surface area contributed by atoms with Crippen molar-refractivity contribution in [2.75, 3.05) is 0 Å². The van der Waals surface area contributed by atoms with Gasteiger partial charge in [-0.3, -0.25) is 0 Å². The SMILES string of the molecule is C.NOP(=O)(O)O.[H-].[K+]. The van der Waals surface area contributed by atoms with E-state index in [4.69, 9.17) is 9.79 Å². The van der Waals surface area contributed by atoms with Gasteiger partial charge >= 0.3 is 59.2 Å². The van der Waals surface area contributed by atoms with Crippen LogP contribution in [0.3, 0.4) is 0 Å². The fourth-order valence-electron chi connectivity index (χ4n) is 0. The first-order chi connectivity index (χ1) is 2.56. The first kappa shape index (κ1) is 16.4. The van der Waals surface area contributed by atoms with Crippen LogP contribution in [0.25, 0.3) is 0 Å². The van der Waals surface area contributed by atoms with Gasteiger partial charge in [0, 0.05) is 0 Å². The minimum Gasteiger partial charge on any atom is -1.00 e. The minimum atomic E-state index is -4.37. The van der Waals surface area contributed by atoms with Crippen LogP contribution in [0.2, 0.25) is 0 Å². The molecule has 0 rings (SSSR count). The Morgan fingerprint density at radius 3 is 1.75 bits per heavy atom. The normalized spacial score (nSPS) is 8.88. The van der Waals surface area contributed by atoms with Crippen molar-refractivity contribution in [2.24, 2.45) is 5.90 Å². The van der Waals surface area contributed by atoms with Gasteiger partial charge in [0.1, 0.15) is 0 Å². The summed E-state index contributed by atoms with van der Waals surface area (Å²) < 4.78 is 12.5. The third-order valence-electron chi connectivity index (χ3n) is 0.137. The molecule has 0 aromatic rings. The van der Waals surface area contributed by atoms with Crippen molar-refractivity contribution < 1.29 is 71.8 Å². The molecule has 4 N–H and O–H groups in total. The molecule has 0 aromatic carbocycles. The Labute approximate surface area is 91.7 Å². The van der Waals surface area contributed by atoms with Gasteiger partial charge in [0.15, 0.2) is 0 Å². The van der Waals surface area contributed by atoms with Crippen molar-refractivity contribution in [3.05, 3.63) is 0 Å². The first-order valence-corrected chi connectivity index (χ1v) is 2.53. The molecule has 0 amide bonds. The molecule has 0 aliphatic heterocycles. The van der Waals surface area contributed by atoms with Crippen molar-refractivity contribution in [1.82, 2.24) is 0 Å². The van der Waals surface area contributed by atoms with E-state index >= 15 is 0 Å². The zero-order valence-electron chi connectivity index (χ0n) is 4.74. The van der Waals surface area contributed by atoms with E-state index in [0.717, 1.165) is 0 Å². The molecule has 7 heteroatoms. The molecule has 8 heavy (non-hydrogen) atoms. The number of nitrogens with two attached hydrogens (primary N) is 1. The minimum absolute atomic E-state index is 0. The van der Waals surface area contributed by atoms with Crippen molar-refractivity contribution in [2.45, 2.75) is 7.43 Å². The van der Waals surface area contributed by atoms with Gasteiger partial charge in [0.2, 0.25) is 0 Å². The van der Waals surface area contributed by atoms with Gasteiger partial charge in [-0.1, -0.05) is 7.43 Å². The fraction of sp³-hybridized carbons (Fsp3) is 1.00. The molecular weight excluding hydrogens is 160 g/mol. The Kier molecular flexibility index (Phi) is 13.9. The van der Waals surface area contributed by atoms with Gasteiger partial charge in [0.25, 0.3) is 0 Å². The fourth-order valence-corrected chi connectivity index (χ4v) is 0. The van der Waals surface area contributed by atoms with Crippen LogP contribution in [0.4, 0.5) is 0 Å². The molecule has 0 atom stereocenters. The summed E-state index contributed by atoms with van der Waals surface area (Å²) in [6, 6.07) is 0. The summed E-state index contributed by atoms with van der Waals surface area (Å²) in [6.07, 6.45) is 0. The number of hydrogen-bond donors (Lipinski definition) is 3. The van der Waals surface area contributed by atoms with E-state index in [9.17, 15) is 4.57 Å². The van der Waals surface area contributed by atoms with E-state index in [1.165, 1.54) is 0 Å². The second kappa shape index (κ2) is 6.82. The second-order valence-corrected chi connectivity index (χ2v) is 1.79. The number of hydrogen-bond acceptors (Lipinski definition) is 3. The van der Waals surface area contributed by atoms with Crippen LogP contribution in [0.5, 0.6) is 0 Å². The molecule has 0 aliphatic rings. The van der Waals surface area contributed by atoms with Gasteiger partial charge in [-0.25, -0.2) is 15.1 Å². The van der Waals surface area contributed by atoms with Crippen LogP contribution in [-0.4, -0.2) is 9.79 Å². The molecule has 0 radical (unpaired) electrons. The quantitative estimate of drug-likeness (QED) is 0.217. The summed E-state index contributed by atoms with van der Waals surface area (Å²) in [7, 11) is -4.37. The van der Waals surface area contributed by atoms with Crippen LogP contribution in [-0.2, 0) is 9.19 Å². The number of phosphoric acid groups is 1. The Morgan fingerprint density at radius 2 is 1.75 bits per heavy atom.